The Morgan fingerprint density at radius 1 is 0.459 bits per heavy atom. The van der Waals surface area contributed by atoms with Gasteiger partial charge in [-0.2, -0.15) is 0 Å². The van der Waals surface area contributed by atoms with Gasteiger partial charge in [-0.25, -0.2) is 19.6 Å². The van der Waals surface area contributed by atoms with Crippen LogP contribution in [0.2, 0.25) is 0 Å². The molecule has 6 aromatic carbocycles. The lowest BCUT2D eigenvalue weighted by molar-refractivity contribution is 0.0388. The highest BCUT2D eigenvalue weighted by Gasteiger charge is 2.28. The number of rotatable bonds is 10. The summed E-state index contributed by atoms with van der Waals surface area (Å²) in [5.74, 6) is -1.14. The van der Waals surface area contributed by atoms with Crippen molar-refractivity contribution in [1.29, 1.82) is 0 Å². The lowest BCUT2D eigenvalue weighted by Crippen LogP contribution is -2.14. The Morgan fingerprint density at radius 2 is 0.836 bits per heavy atom. The Kier molecular flexibility index (Phi) is 9.99. The number of fused-ring (bicyclic) bond motifs is 6. The van der Waals surface area contributed by atoms with Crippen LogP contribution in [0, 0.1) is 0 Å². The fourth-order valence-corrected chi connectivity index (χ4v) is 7.99. The van der Waals surface area contributed by atoms with Crippen LogP contribution in [-0.2, 0) is 22.6 Å². The summed E-state index contributed by atoms with van der Waals surface area (Å²) in [5.41, 5.74) is 13.2. The van der Waals surface area contributed by atoms with Gasteiger partial charge in [0.05, 0.1) is 60.5 Å². The molecule has 0 atom stereocenters. The molecule has 2 aliphatic heterocycles. The highest BCUT2D eigenvalue weighted by Crippen LogP contribution is 2.33. The number of nitrogens with zero attached hydrogens (tertiary/aromatic N) is 6. The number of imidazole rings is 2. The van der Waals surface area contributed by atoms with E-state index in [1.54, 1.807) is 12.7 Å². The number of hydrogen-bond acceptors (Lipinski definition) is 8. The number of aromatic nitrogens is 4. The molecule has 0 aliphatic carbocycles. The van der Waals surface area contributed by atoms with Gasteiger partial charge in [-0.05, 0) is 46.5 Å². The van der Waals surface area contributed by atoms with Gasteiger partial charge >= 0.3 is 11.9 Å². The zero-order valence-electron chi connectivity index (χ0n) is 33.0. The molecule has 0 fully saturated rings. The van der Waals surface area contributed by atoms with E-state index in [2.05, 4.69) is 58.5 Å². The van der Waals surface area contributed by atoms with Crippen LogP contribution in [0.4, 0.5) is 0 Å². The number of esters is 2. The van der Waals surface area contributed by atoms with E-state index in [-0.39, 0.29) is 44.1 Å². The molecule has 2 aliphatic rings. The van der Waals surface area contributed by atoms with Crippen LogP contribution < -0.4 is 0 Å². The number of carbonyl (C=O) groups excluding carboxylic acids is 2. The van der Waals surface area contributed by atoms with E-state index in [4.69, 9.17) is 19.5 Å². The fourth-order valence-electron chi connectivity index (χ4n) is 7.99. The van der Waals surface area contributed by atoms with Gasteiger partial charge in [0, 0.05) is 28.7 Å². The first-order valence-corrected chi connectivity index (χ1v) is 20.2. The highest BCUT2D eigenvalue weighted by atomic mass is 16.5. The maximum Gasteiger partial charge on any atom is 0.358 e. The first-order valence-electron chi connectivity index (χ1n) is 20.2. The van der Waals surface area contributed by atoms with E-state index >= 15 is 0 Å². The van der Waals surface area contributed by atoms with Gasteiger partial charge in [-0.1, -0.05) is 133 Å². The standard InChI is InChI=1S/C51H38N6O4/c58-50(48-44-30-52-46(36-18-9-3-10-19-36)40-28-38(34-14-5-1-6-15-34)22-24-42(40)56(44)32-54-48)60-26-13-27-61-51(59)49-45-31-53-47(37-20-11-4-12-21-37)41-29-39(35-16-7-2-8-17-35)23-25-43(41)57(45)33-55-49/h1-12,14-25,28-29,32-33H,13,26-27,30-31H2. The molecular weight excluding hydrogens is 761 g/mol. The van der Waals surface area contributed by atoms with E-state index in [0.717, 1.165) is 67.3 Å². The van der Waals surface area contributed by atoms with Crippen LogP contribution in [0.1, 0.15) is 61.0 Å². The zero-order valence-corrected chi connectivity index (χ0v) is 33.0. The Balaban J connectivity index is 0.834. The minimum atomic E-state index is -0.568. The molecule has 8 aromatic rings. The Labute approximate surface area is 352 Å². The molecule has 0 saturated carbocycles. The number of benzene rings is 6. The predicted octanol–water partition coefficient (Wildman–Crippen LogP) is 9.50. The maximum atomic E-state index is 13.5. The van der Waals surface area contributed by atoms with Gasteiger partial charge in [0.15, 0.2) is 11.4 Å². The van der Waals surface area contributed by atoms with E-state index in [0.29, 0.717) is 11.4 Å². The van der Waals surface area contributed by atoms with Gasteiger partial charge in [-0.15, -0.1) is 0 Å². The molecule has 0 radical (unpaired) electrons. The summed E-state index contributed by atoms with van der Waals surface area (Å²) in [6.45, 7) is 0.506. The van der Waals surface area contributed by atoms with Gasteiger partial charge in [-0.3, -0.25) is 19.1 Å². The smallest absolute Gasteiger partial charge is 0.358 e. The molecule has 296 valence electrons. The molecule has 61 heavy (non-hydrogen) atoms. The molecular formula is C51H38N6O4. The number of ether oxygens (including phenoxy) is 2. The maximum absolute atomic E-state index is 13.5. The third-order valence-electron chi connectivity index (χ3n) is 11.0. The van der Waals surface area contributed by atoms with Crippen molar-refractivity contribution in [2.45, 2.75) is 19.5 Å². The Bertz CT molecular complexity index is 2770. The number of hydrogen-bond donors (Lipinski definition) is 0. The summed E-state index contributed by atoms with van der Waals surface area (Å²) in [6, 6.07) is 53.0. The van der Waals surface area contributed by atoms with E-state index in [1.807, 2.05) is 118 Å². The Hall–Kier alpha value is -7.98. The Morgan fingerprint density at radius 3 is 1.23 bits per heavy atom. The molecule has 0 spiro atoms. The minimum Gasteiger partial charge on any atom is -0.461 e. The number of aliphatic imine (C=N–C) groups is 2. The topological polar surface area (TPSA) is 113 Å². The van der Waals surface area contributed by atoms with Crippen molar-refractivity contribution in [3.63, 3.8) is 0 Å². The van der Waals surface area contributed by atoms with Crippen LogP contribution in [0.25, 0.3) is 33.6 Å². The molecule has 2 aromatic heterocycles. The van der Waals surface area contributed by atoms with Crippen molar-refractivity contribution in [2.75, 3.05) is 13.2 Å². The SMILES string of the molecule is O=C(OCCCOC(=O)c1ncn2c1CN=C(c1ccccc1)c1cc(-c3ccccc3)ccc1-2)c1ncn2c1CN=C(c1ccccc1)c1cc(-c3ccccc3)ccc1-2. The van der Waals surface area contributed by atoms with Gasteiger partial charge < -0.3 is 9.47 Å². The fraction of sp³-hybridized carbons (Fsp3) is 0.0980. The molecule has 0 saturated heterocycles. The molecule has 10 heteroatoms. The van der Waals surface area contributed by atoms with Crippen LogP contribution >= 0.6 is 0 Å². The number of carbonyl (C=O) groups is 2. The average Bonchev–Trinajstić information content (AvgIpc) is 3.86. The van der Waals surface area contributed by atoms with Crippen molar-refractivity contribution < 1.29 is 19.1 Å². The molecule has 10 nitrogen and oxygen atoms in total. The van der Waals surface area contributed by atoms with Crippen molar-refractivity contribution >= 4 is 23.4 Å². The first-order chi connectivity index (χ1) is 30.1. The lowest BCUT2D eigenvalue weighted by atomic mass is 9.96. The van der Waals surface area contributed by atoms with Crippen molar-refractivity contribution in [2.24, 2.45) is 9.98 Å². The van der Waals surface area contributed by atoms with Gasteiger partial charge in [0.1, 0.15) is 12.7 Å². The average molecular weight is 799 g/mol. The first kappa shape index (κ1) is 37.3. The predicted molar refractivity (Wildman–Crippen MR) is 235 cm³/mol. The van der Waals surface area contributed by atoms with E-state index < -0.39 is 11.9 Å². The van der Waals surface area contributed by atoms with Crippen LogP contribution in [0.5, 0.6) is 0 Å². The van der Waals surface area contributed by atoms with Crippen LogP contribution in [-0.4, -0.2) is 55.7 Å². The summed E-state index contributed by atoms with van der Waals surface area (Å²) in [4.78, 5) is 46.1. The van der Waals surface area contributed by atoms with E-state index in [1.165, 1.54) is 0 Å². The molecule has 0 amide bonds. The molecule has 0 N–H and O–H groups in total. The molecule has 4 heterocycles. The van der Waals surface area contributed by atoms with Crippen molar-refractivity contribution in [3.8, 4) is 33.6 Å². The summed E-state index contributed by atoms with van der Waals surface area (Å²) >= 11 is 0. The van der Waals surface area contributed by atoms with Crippen LogP contribution in [0.3, 0.4) is 0 Å². The summed E-state index contributed by atoms with van der Waals surface area (Å²) in [6.07, 6.45) is 3.59. The molecule has 0 bridgehead atoms. The highest BCUT2D eigenvalue weighted by molar-refractivity contribution is 6.16. The summed E-state index contributed by atoms with van der Waals surface area (Å²) < 4.78 is 15.2. The normalized spacial score (nSPS) is 12.7. The largest absolute Gasteiger partial charge is 0.461 e. The third kappa shape index (κ3) is 7.25. The second-order valence-corrected chi connectivity index (χ2v) is 14.7. The lowest BCUT2D eigenvalue weighted by Gasteiger charge is -2.14. The van der Waals surface area contributed by atoms with Crippen LogP contribution in [0.15, 0.2) is 180 Å². The molecule has 10 rings (SSSR count). The molecule has 0 unspecified atom stereocenters. The third-order valence-corrected chi connectivity index (χ3v) is 11.0. The van der Waals surface area contributed by atoms with Crippen molar-refractivity contribution in [3.05, 3.63) is 215 Å². The van der Waals surface area contributed by atoms with Gasteiger partial charge in [0.2, 0.25) is 0 Å². The second-order valence-electron chi connectivity index (χ2n) is 14.7. The summed E-state index contributed by atoms with van der Waals surface area (Å²) in [7, 11) is 0. The van der Waals surface area contributed by atoms with Crippen molar-refractivity contribution in [1.82, 2.24) is 19.1 Å². The quantitative estimate of drug-likeness (QED) is 0.101. The summed E-state index contributed by atoms with van der Waals surface area (Å²) in [5, 5.41) is 0. The minimum absolute atomic E-state index is 0.0249. The van der Waals surface area contributed by atoms with Gasteiger partial charge in [0.25, 0.3) is 0 Å². The monoisotopic (exact) mass is 798 g/mol. The van der Waals surface area contributed by atoms with E-state index in [9.17, 15) is 9.59 Å². The zero-order chi connectivity index (χ0) is 41.1. The second kappa shape index (κ2) is 16.3.